The van der Waals surface area contributed by atoms with E-state index in [1.807, 2.05) is 13.0 Å². The van der Waals surface area contributed by atoms with Gasteiger partial charge in [0.1, 0.15) is 5.69 Å². The Hall–Kier alpha value is -2.58. The van der Waals surface area contributed by atoms with Gasteiger partial charge in [0.15, 0.2) is 5.03 Å². The number of sulfone groups is 1. The van der Waals surface area contributed by atoms with Gasteiger partial charge in [-0.1, -0.05) is 12.1 Å². The molecule has 0 unspecified atom stereocenters. The summed E-state index contributed by atoms with van der Waals surface area (Å²) in [6, 6.07) is 11.0. The summed E-state index contributed by atoms with van der Waals surface area (Å²) < 4.78 is 41.4. The van der Waals surface area contributed by atoms with Gasteiger partial charge in [0.25, 0.3) is 0 Å². The minimum Gasteiger partial charge on any atom is -0.314 e. The predicted octanol–water partition coefficient (Wildman–Crippen LogP) is 2.27. The third kappa shape index (κ3) is 3.31. The molecule has 0 atom stereocenters. The van der Waals surface area contributed by atoms with Crippen molar-refractivity contribution in [1.82, 2.24) is 20.1 Å². The number of nitrogens with one attached hydrogen (secondary N) is 1. The number of aromatic nitrogens is 3. The molecule has 3 aromatic rings. The normalized spacial score (nSPS) is 11.6. The molecule has 0 fully saturated rings. The number of hydrogen-bond acceptors (Lipinski definition) is 5. The molecule has 8 heteroatoms. The average molecular weight is 360 g/mol. The summed E-state index contributed by atoms with van der Waals surface area (Å²) in [6.45, 7) is 2.16. The van der Waals surface area contributed by atoms with Crippen LogP contribution in [0.15, 0.2) is 58.6 Å². The van der Waals surface area contributed by atoms with Gasteiger partial charge in [-0.15, -0.1) is 0 Å². The van der Waals surface area contributed by atoms with Crippen LogP contribution in [0.2, 0.25) is 0 Å². The van der Waals surface area contributed by atoms with Gasteiger partial charge in [-0.3, -0.25) is 0 Å². The van der Waals surface area contributed by atoms with E-state index in [1.165, 1.54) is 30.5 Å². The molecular weight excluding hydrogens is 343 g/mol. The largest absolute Gasteiger partial charge is 0.314 e. The predicted molar refractivity (Wildman–Crippen MR) is 90.7 cm³/mol. The SMILES string of the molecule is CNCc1cc(S(=O)(=O)c2cccc(C)c2)n(-c2cccnc2F)n1. The lowest BCUT2D eigenvalue weighted by molar-refractivity contribution is 0.554. The molecule has 0 bridgehead atoms. The van der Waals surface area contributed by atoms with Crippen LogP contribution in [0.5, 0.6) is 0 Å². The van der Waals surface area contributed by atoms with Crippen molar-refractivity contribution in [3.05, 3.63) is 65.9 Å². The van der Waals surface area contributed by atoms with E-state index in [2.05, 4.69) is 15.4 Å². The molecule has 130 valence electrons. The van der Waals surface area contributed by atoms with Crippen molar-refractivity contribution >= 4 is 9.84 Å². The van der Waals surface area contributed by atoms with E-state index in [0.717, 1.165) is 10.2 Å². The number of rotatable bonds is 5. The van der Waals surface area contributed by atoms with Crippen LogP contribution in [-0.4, -0.2) is 30.2 Å². The van der Waals surface area contributed by atoms with Crippen LogP contribution >= 0.6 is 0 Å². The molecule has 1 aromatic carbocycles. The molecule has 2 heterocycles. The van der Waals surface area contributed by atoms with Gasteiger partial charge in [-0.2, -0.15) is 9.49 Å². The zero-order valence-corrected chi connectivity index (χ0v) is 14.6. The third-order valence-electron chi connectivity index (χ3n) is 3.63. The molecule has 0 saturated heterocycles. The van der Waals surface area contributed by atoms with Crippen molar-refractivity contribution in [3.8, 4) is 5.69 Å². The molecule has 0 saturated carbocycles. The highest BCUT2D eigenvalue weighted by molar-refractivity contribution is 7.91. The fourth-order valence-electron chi connectivity index (χ4n) is 2.48. The highest BCUT2D eigenvalue weighted by Gasteiger charge is 2.26. The quantitative estimate of drug-likeness (QED) is 0.707. The molecule has 0 radical (unpaired) electrons. The second kappa shape index (κ2) is 6.73. The van der Waals surface area contributed by atoms with Crippen LogP contribution < -0.4 is 5.32 Å². The fourth-order valence-corrected chi connectivity index (χ4v) is 3.98. The minimum atomic E-state index is -3.88. The molecule has 0 amide bonds. The Balaban J connectivity index is 2.23. The molecule has 0 aliphatic rings. The Kier molecular flexibility index (Phi) is 4.65. The van der Waals surface area contributed by atoms with Crippen LogP contribution in [0.3, 0.4) is 0 Å². The van der Waals surface area contributed by atoms with Gasteiger partial charge >= 0.3 is 0 Å². The molecule has 25 heavy (non-hydrogen) atoms. The zero-order valence-electron chi connectivity index (χ0n) is 13.8. The lowest BCUT2D eigenvalue weighted by Gasteiger charge is -2.09. The van der Waals surface area contributed by atoms with Crippen molar-refractivity contribution in [1.29, 1.82) is 0 Å². The summed E-state index contributed by atoms with van der Waals surface area (Å²) in [4.78, 5) is 3.72. The van der Waals surface area contributed by atoms with Gasteiger partial charge in [0, 0.05) is 18.8 Å². The standard InChI is InChI=1S/C17H17FN4O2S/c1-12-5-3-6-14(9-12)25(23,24)16-10-13(11-19-2)21-22(16)15-7-4-8-20-17(15)18/h3-10,19H,11H2,1-2H3. The number of halogens is 1. The van der Waals surface area contributed by atoms with E-state index in [0.29, 0.717) is 12.2 Å². The lowest BCUT2D eigenvalue weighted by atomic mass is 10.2. The van der Waals surface area contributed by atoms with E-state index in [1.54, 1.807) is 19.2 Å². The van der Waals surface area contributed by atoms with Crippen LogP contribution in [-0.2, 0) is 16.4 Å². The maximum Gasteiger partial charge on any atom is 0.238 e. The van der Waals surface area contributed by atoms with Crippen LogP contribution in [0.1, 0.15) is 11.3 Å². The summed E-state index contributed by atoms with van der Waals surface area (Å²) in [5.74, 6) is -0.790. The first kappa shape index (κ1) is 17.2. The first-order valence-corrected chi connectivity index (χ1v) is 9.08. The van der Waals surface area contributed by atoms with Gasteiger partial charge < -0.3 is 5.32 Å². The number of aryl methyl sites for hydroxylation is 1. The highest BCUT2D eigenvalue weighted by Crippen LogP contribution is 2.25. The molecule has 0 spiro atoms. The van der Waals surface area contributed by atoms with Crippen LogP contribution in [0.4, 0.5) is 4.39 Å². The fraction of sp³-hybridized carbons (Fsp3) is 0.176. The van der Waals surface area contributed by atoms with Gasteiger partial charge in [0.2, 0.25) is 15.8 Å². The van der Waals surface area contributed by atoms with E-state index in [-0.39, 0.29) is 15.6 Å². The molecule has 2 aromatic heterocycles. The van der Waals surface area contributed by atoms with Gasteiger partial charge in [0.05, 0.1) is 10.6 Å². The number of nitrogens with zero attached hydrogens (tertiary/aromatic N) is 3. The van der Waals surface area contributed by atoms with Gasteiger partial charge in [-0.25, -0.2) is 18.1 Å². The monoisotopic (exact) mass is 360 g/mol. The molecule has 0 aliphatic carbocycles. The van der Waals surface area contributed by atoms with E-state index >= 15 is 0 Å². The molecule has 3 rings (SSSR count). The van der Waals surface area contributed by atoms with Crippen molar-refractivity contribution in [2.24, 2.45) is 0 Å². The maximum absolute atomic E-state index is 14.1. The Morgan fingerprint density at radius 3 is 2.68 bits per heavy atom. The third-order valence-corrected chi connectivity index (χ3v) is 5.34. The second-order valence-corrected chi connectivity index (χ2v) is 7.45. The van der Waals surface area contributed by atoms with E-state index in [9.17, 15) is 12.8 Å². The Bertz CT molecular complexity index is 1010. The van der Waals surface area contributed by atoms with Crippen molar-refractivity contribution in [2.45, 2.75) is 23.4 Å². The van der Waals surface area contributed by atoms with Crippen molar-refractivity contribution in [3.63, 3.8) is 0 Å². The number of pyridine rings is 1. The molecular formula is C17H17FN4O2S. The smallest absolute Gasteiger partial charge is 0.238 e. The summed E-state index contributed by atoms with van der Waals surface area (Å²) >= 11 is 0. The number of hydrogen-bond donors (Lipinski definition) is 1. The first-order valence-electron chi connectivity index (χ1n) is 7.59. The molecule has 6 nitrogen and oxygen atoms in total. The molecule has 0 aliphatic heterocycles. The van der Waals surface area contributed by atoms with E-state index < -0.39 is 15.8 Å². The van der Waals surface area contributed by atoms with Crippen molar-refractivity contribution in [2.75, 3.05) is 7.05 Å². The second-order valence-electron chi connectivity index (χ2n) is 5.55. The number of benzene rings is 1. The zero-order chi connectivity index (χ0) is 18.0. The maximum atomic E-state index is 14.1. The summed E-state index contributed by atoms with van der Waals surface area (Å²) in [5, 5.41) is 7.05. The summed E-state index contributed by atoms with van der Waals surface area (Å²) in [6.07, 6.45) is 1.30. The highest BCUT2D eigenvalue weighted by atomic mass is 32.2. The topological polar surface area (TPSA) is 76.9 Å². The lowest BCUT2D eigenvalue weighted by Crippen LogP contribution is -2.12. The minimum absolute atomic E-state index is 0.0175. The van der Waals surface area contributed by atoms with E-state index in [4.69, 9.17) is 0 Å². The summed E-state index contributed by atoms with van der Waals surface area (Å²) in [5.41, 5.74) is 1.28. The first-order chi connectivity index (χ1) is 11.9. The van der Waals surface area contributed by atoms with Crippen LogP contribution in [0, 0.1) is 12.9 Å². The van der Waals surface area contributed by atoms with Crippen LogP contribution in [0.25, 0.3) is 5.69 Å². The Morgan fingerprint density at radius 2 is 2.00 bits per heavy atom. The Labute approximate surface area is 145 Å². The van der Waals surface area contributed by atoms with Crippen molar-refractivity contribution < 1.29 is 12.8 Å². The average Bonchev–Trinajstić information content (AvgIpc) is 3.00. The molecule has 1 N–H and O–H groups in total. The Morgan fingerprint density at radius 1 is 1.20 bits per heavy atom. The summed E-state index contributed by atoms with van der Waals surface area (Å²) in [7, 11) is -2.16. The van der Waals surface area contributed by atoms with Gasteiger partial charge in [-0.05, 0) is 43.8 Å².